The zero-order valence-electron chi connectivity index (χ0n) is 11.8. The van der Waals surface area contributed by atoms with Crippen molar-refractivity contribution in [2.45, 2.75) is 51.8 Å². The molecule has 102 valence electrons. The quantitative estimate of drug-likeness (QED) is 0.726. The van der Waals surface area contributed by atoms with Crippen molar-refractivity contribution in [3.63, 3.8) is 0 Å². The summed E-state index contributed by atoms with van der Waals surface area (Å²) in [6.45, 7) is 7.96. The molecule has 0 aliphatic rings. The lowest BCUT2D eigenvalue weighted by Gasteiger charge is -2.32. The normalized spacial score (nSPS) is 15.4. The molecule has 0 amide bonds. The van der Waals surface area contributed by atoms with Gasteiger partial charge in [-0.25, -0.2) is 0 Å². The van der Waals surface area contributed by atoms with Crippen LogP contribution in [0.15, 0.2) is 24.3 Å². The summed E-state index contributed by atoms with van der Waals surface area (Å²) in [5.74, 6) is 0. The molecular weight excluding hydrogens is 226 g/mol. The van der Waals surface area contributed by atoms with Crippen molar-refractivity contribution in [1.82, 2.24) is 5.32 Å². The zero-order chi connectivity index (χ0) is 13.8. The predicted octanol–water partition coefficient (Wildman–Crippen LogP) is 2.17. The molecule has 2 atom stereocenters. The number of hydrogen-bond acceptors (Lipinski definition) is 3. The standard InChI is InChI=1S/C15H25NO2/c1-5-13(16-15(3,4)10-17)14(18)12-8-6-11(2)7-9-12/h6-9,13-14,16-18H,5,10H2,1-4H3. The minimum atomic E-state index is -0.554. The summed E-state index contributed by atoms with van der Waals surface area (Å²) in [6.07, 6.45) is 0.250. The molecule has 3 N–H and O–H groups in total. The van der Waals surface area contributed by atoms with Crippen LogP contribution in [0.2, 0.25) is 0 Å². The molecule has 1 aromatic carbocycles. The number of aliphatic hydroxyl groups excluding tert-OH is 2. The van der Waals surface area contributed by atoms with Crippen LogP contribution in [0.4, 0.5) is 0 Å². The molecule has 0 aromatic heterocycles. The number of rotatable bonds is 6. The van der Waals surface area contributed by atoms with Gasteiger partial charge in [-0.2, -0.15) is 0 Å². The molecular formula is C15H25NO2. The third-order valence-electron chi connectivity index (χ3n) is 3.21. The van der Waals surface area contributed by atoms with Crippen molar-refractivity contribution in [1.29, 1.82) is 0 Å². The second-order valence-electron chi connectivity index (χ2n) is 5.56. The highest BCUT2D eigenvalue weighted by Crippen LogP contribution is 2.21. The Labute approximate surface area is 110 Å². The van der Waals surface area contributed by atoms with E-state index in [2.05, 4.69) is 5.32 Å². The molecule has 0 aliphatic heterocycles. The molecule has 18 heavy (non-hydrogen) atoms. The van der Waals surface area contributed by atoms with E-state index in [4.69, 9.17) is 0 Å². The van der Waals surface area contributed by atoms with Crippen LogP contribution in [0.3, 0.4) is 0 Å². The van der Waals surface area contributed by atoms with E-state index < -0.39 is 6.10 Å². The van der Waals surface area contributed by atoms with E-state index in [0.717, 1.165) is 12.0 Å². The monoisotopic (exact) mass is 251 g/mol. The van der Waals surface area contributed by atoms with Gasteiger partial charge < -0.3 is 15.5 Å². The Hall–Kier alpha value is -0.900. The van der Waals surface area contributed by atoms with Crippen LogP contribution in [0.5, 0.6) is 0 Å². The van der Waals surface area contributed by atoms with E-state index in [-0.39, 0.29) is 18.2 Å². The minimum Gasteiger partial charge on any atom is -0.394 e. The average Bonchev–Trinajstić information content (AvgIpc) is 2.36. The molecule has 3 nitrogen and oxygen atoms in total. The van der Waals surface area contributed by atoms with Crippen molar-refractivity contribution in [3.05, 3.63) is 35.4 Å². The van der Waals surface area contributed by atoms with Gasteiger partial charge in [0.2, 0.25) is 0 Å². The Kier molecular flexibility index (Phi) is 5.32. The number of aryl methyl sites for hydroxylation is 1. The van der Waals surface area contributed by atoms with Gasteiger partial charge in [-0.1, -0.05) is 36.8 Å². The molecule has 0 fully saturated rings. The highest BCUT2D eigenvalue weighted by molar-refractivity contribution is 5.24. The second kappa shape index (κ2) is 6.32. The maximum Gasteiger partial charge on any atom is 0.0943 e. The fourth-order valence-electron chi connectivity index (χ4n) is 1.95. The Bertz CT molecular complexity index is 359. The Morgan fingerprint density at radius 3 is 2.22 bits per heavy atom. The van der Waals surface area contributed by atoms with Crippen LogP contribution in [0.1, 0.15) is 44.4 Å². The second-order valence-corrected chi connectivity index (χ2v) is 5.56. The molecule has 1 rings (SSSR count). The van der Waals surface area contributed by atoms with Crippen molar-refractivity contribution in [2.75, 3.05) is 6.61 Å². The van der Waals surface area contributed by atoms with Gasteiger partial charge in [-0.3, -0.25) is 0 Å². The molecule has 0 saturated heterocycles. The lowest BCUT2D eigenvalue weighted by molar-refractivity contribution is 0.0899. The first-order valence-corrected chi connectivity index (χ1v) is 6.53. The van der Waals surface area contributed by atoms with Crippen LogP contribution >= 0.6 is 0 Å². The van der Waals surface area contributed by atoms with Crippen LogP contribution in [0.25, 0.3) is 0 Å². The largest absolute Gasteiger partial charge is 0.394 e. The fourth-order valence-corrected chi connectivity index (χ4v) is 1.95. The summed E-state index contributed by atoms with van der Waals surface area (Å²) < 4.78 is 0. The highest BCUT2D eigenvalue weighted by atomic mass is 16.3. The topological polar surface area (TPSA) is 52.5 Å². The van der Waals surface area contributed by atoms with E-state index in [0.29, 0.717) is 0 Å². The van der Waals surface area contributed by atoms with Crippen molar-refractivity contribution >= 4 is 0 Å². The summed E-state index contributed by atoms with van der Waals surface area (Å²) in [4.78, 5) is 0. The van der Waals surface area contributed by atoms with Gasteiger partial charge in [0.25, 0.3) is 0 Å². The molecule has 1 aromatic rings. The van der Waals surface area contributed by atoms with E-state index in [1.54, 1.807) is 0 Å². The zero-order valence-corrected chi connectivity index (χ0v) is 11.8. The van der Waals surface area contributed by atoms with Crippen molar-refractivity contribution in [3.8, 4) is 0 Å². The smallest absolute Gasteiger partial charge is 0.0943 e. The molecule has 0 heterocycles. The van der Waals surface area contributed by atoms with Gasteiger partial charge in [0.15, 0.2) is 0 Å². The summed E-state index contributed by atoms with van der Waals surface area (Å²) in [7, 11) is 0. The van der Waals surface area contributed by atoms with Gasteiger partial charge >= 0.3 is 0 Å². The molecule has 0 saturated carbocycles. The number of aliphatic hydroxyl groups is 2. The fraction of sp³-hybridized carbons (Fsp3) is 0.600. The van der Waals surface area contributed by atoms with Gasteiger partial charge in [-0.05, 0) is 32.8 Å². The summed E-state index contributed by atoms with van der Waals surface area (Å²) in [5.41, 5.74) is 1.71. The first-order valence-electron chi connectivity index (χ1n) is 6.53. The van der Waals surface area contributed by atoms with Gasteiger partial charge in [0, 0.05) is 11.6 Å². The third-order valence-corrected chi connectivity index (χ3v) is 3.21. The minimum absolute atomic E-state index is 0.0458. The Balaban J connectivity index is 2.79. The van der Waals surface area contributed by atoms with Crippen molar-refractivity contribution < 1.29 is 10.2 Å². The lowest BCUT2D eigenvalue weighted by atomic mass is 9.96. The Morgan fingerprint density at radius 2 is 1.78 bits per heavy atom. The third kappa shape index (κ3) is 4.09. The van der Waals surface area contributed by atoms with E-state index >= 15 is 0 Å². The molecule has 0 aliphatic carbocycles. The maximum atomic E-state index is 10.4. The van der Waals surface area contributed by atoms with Crippen LogP contribution in [0, 0.1) is 6.92 Å². The SMILES string of the molecule is CCC(NC(C)(C)CO)C(O)c1ccc(C)cc1. The Morgan fingerprint density at radius 1 is 1.22 bits per heavy atom. The average molecular weight is 251 g/mol. The van der Waals surface area contributed by atoms with E-state index in [9.17, 15) is 10.2 Å². The molecule has 2 unspecified atom stereocenters. The molecule has 0 radical (unpaired) electrons. The number of benzene rings is 1. The number of hydrogen-bond donors (Lipinski definition) is 3. The van der Waals surface area contributed by atoms with Crippen LogP contribution in [-0.4, -0.2) is 28.4 Å². The van der Waals surface area contributed by atoms with Gasteiger partial charge in [-0.15, -0.1) is 0 Å². The highest BCUT2D eigenvalue weighted by Gasteiger charge is 2.26. The van der Waals surface area contributed by atoms with E-state index in [1.807, 2.05) is 52.0 Å². The predicted molar refractivity (Wildman–Crippen MR) is 74.5 cm³/mol. The van der Waals surface area contributed by atoms with Gasteiger partial charge in [0.1, 0.15) is 0 Å². The van der Waals surface area contributed by atoms with E-state index in [1.165, 1.54) is 5.56 Å². The lowest BCUT2D eigenvalue weighted by Crippen LogP contribution is -2.50. The van der Waals surface area contributed by atoms with Crippen molar-refractivity contribution in [2.24, 2.45) is 0 Å². The van der Waals surface area contributed by atoms with Crippen LogP contribution in [-0.2, 0) is 0 Å². The van der Waals surface area contributed by atoms with Crippen LogP contribution < -0.4 is 5.32 Å². The molecule has 0 bridgehead atoms. The maximum absolute atomic E-state index is 10.4. The molecule has 0 spiro atoms. The number of nitrogens with one attached hydrogen (secondary N) is 1. The summed E-state index contributed by atoms with van der Waals surface area (Å²) in [6, 6.07) is 7.85. The first kappa shape index (κ1) is 15.2. The van der Waals surface area contributed by atoms with Gasteiger partial charge in [0.05, 0.1) is 12.7 Å². The first-order chi connectivity index (χ1) is 8.39. The summed E-state index contributed by atoms with van der Waals surface area (Å²) >= 11 is 0. The molecule has 3 heteroatoms. The summed E-state index contributed by atoms with van der Waals surface area (Å²) in [5, 5.41) is 23.0.